The van der Waals surface area contributed by atoms with E-state index in [0.717, 1.165) is 23.8 Å². The third kappa shape index (κ3) is 5.76. The van der Waals surface area contributed by atoms with Gasteiger partial charge in [0.25, 0.3) is 5.91 Å². The molecule has 0 aliphatic rings. The zero-order valence-electron chi connectivity index (χ0n) is 16.1. The van der Waals surface area contributed by atoms with Gasteiger partial charge in [-0.2, -0.15) is 0 Å². The number of carbonyl (C=O) groups excluding carboxylic acids is 2. The smallest absolute Gasteiger partial charge is 0.308 e. The second kappa shape index (κ2) is 10.1. The van der Waals surface area contributed by atoms with Crippen LogP contribution in [0.5, 0.6) is 0 Å². The molecule has 0 bridgehead atoms. The maximum atomic E-state index is 13.7. The molecule has 1 unspecified atom stereocenters. The SMILES string of the molecule is CC(Sc1c(Cl)cc(NC(=O)NC(=O)c2c(F)cccc2F)cc1Cl)c1ccccc1. The number of halogens is 4. The minimum absolute atomic E-state index is 0.0756. The lowest BCUT2D eigenvalue weighted by Crippen LogP contribution is -2.35. The Morgan fingerprint density at radius 1 is 0.935 bits per heavy atom. The zero-order valence-corrected chi connectivity index (χ0v) is 18.4. The zero-order chi connectivity index (χ0) is 22.5. The quantitative estimate of drug-likeness (QED) is 0.383. The van der Waals surface area contributed by atoms with E-state index in [1.807, 2.05) is 42.6 Å². The number of imide groups is 1. The van der Waals surface area contributed by atoms with Gasteiger partial charge in [-0.25, -0.2) is 13.6 Å². The molecule has 9 heteroatoms. The molecule has 0 aliphatic heterocycles. The van der Waals surface area contributed by atoms with Gasteiger partial charge in [-0.05, 0) is 36.8 Å². The van der Waals surface area contributed by atoms with Crippen molar-refractivity contribution in [1.29, 1.82) is 0 Å². The summed E-state index contributed by atoms with van der Waals surface area (Å²) in [5, 5.41) is 4.95. The maximum absolute atomic E-state index is 13.7. The van der Waals surface area contributed by atoms with E-state index in [4.69, 9.17) is 23.2 Å². The molecule has 31 heavy (non-hydrogen) atoms. The molecule has 3 aromatic carbocycles. The molecule has 3 rings (SSSR count). The number of nitrogens with one attached hydrogen (secondary N) is 2. The number of rotatable bonds is 5. The summed E-state index contributed by atoms with van der Waals surface area (Å²) in [5.41, 5.74) is 0.460. The van der Waals surface area contributed by atoms with Crippen LogP contribution in [0.3, 0.4) is 0 Å². The normalized spacial score (nSPS) is 11.6. The second-order valence-electron chi connectivity index (χ2n) is 6.44. The number of hydrogen-bond donors (Lipinski definition) is 2. The van der Waals surface area contributed by atoms with Crippen LogP contribution in [0.25, 0.3) is 0 Å². The lowest BCUT2D eigenvalue weighted by molar-refractivity contribution is 0.0959. The number of hydrogen-bond acceptors (Lipinski definition) is 3. The summed E-state index contributed by atoms with van der Waals surface area (Å²) >= 11 is 14.2. The molecular formula is C22H16Cl2F2N2O2S. The summed E-state index contributed by atoms with van der Waals surface area (Å²) in [7, 11) is 0. The number of urea groups is 1. The van der Waals surface area contributed by atoms with Crippen LogP contribution < -0.4 is 10.6 Å². The number of carbonyl (C=O) groups is 2. The second-order valence-corrected chi connectivity index (χ2v) is 8.61. The van der Waals surface area contributed by atoms with Crippen LogP contribution in [0.15, 0.2) is 65.6 Å². The number of amides is 3. The predicted octanol–water partition coefficient (Wildman–Crippen LogP) is 7.09. The first-order valence-corrected chi connectivity index (χ1v) is 10.7. The van der Waals surface area contributed by atoms with Crippen molar-refractivity contribution in [2.45, 2.75) is 17.1 Å². The Bertz CT molecular complexity index is 1090. The van der Waals surface area contributed by atoms with Crippen molar-refractivity contribution in [3.05, 3.63) is 93.5 Å². The molecule has 4 nitrogen and oxygen atoms in total. The molecule has 0 heterocycles. The molecule has 0 aliphatic carbocycles. The molecule has 0 spiro atoms. The first kappa shape index (κ1) is 23.1. The van der Waals surface area contributed by atoms with Crippen LogP contribution in [-0.2, 0) is 0 Å². The van der Waals surface area contributed by atoms with Crippen LogP contribution in [0.4, 0.5) is 19.3 Å². The van der Waals surface area contributed by atoms with Crippen molar-refractivity contribution in [1.82, 2.24) is 5.32 Å². The van der Waals surface area contributed by atoms with Crippen LogP contribution in [0.2, 0.25) is 10.0 Å². The summed E-state index contributed by atoms with van der Waals surface area (Å²) in [4.78, 5) is 24.8. The monoisotopic (exact) mass is 480 g/mol. The predicted molar refractivity (Wildman–Crippen MR) is 120 cm³/mol. The van der Waals surface area contributed by atoms with Crippen molar-refractivity contribution in [3.63, 3.8) is 0 Å². The summed E-state index contributed by atoms with van der Waals surface area (Å²) in [5.74, 6) is -3.37. The maximum Gasteiger partial charge on any atom is 0.326 e. The lowest BCUT2D eigenvalue weighted by atomic mass is 10.2. The fourth-order valence-corrected chi connectivity index (χ4v) is 4.50. The van der Waals surface area contributed by atoms with Crippen molar-refractivity contribution < 1.29 is 18.4 Å². The average Bonchev–Trinajstić information content (AvgIpc) is 2.71. The minimum atomic E-state index is -1.21. The van der Waals surface area contributed by atoms with Gasteiger partial charge >= 0.3 is 6.03 Å². The van der Waals surface area contributed by atoms with Crippen molar-refractivity contribution in [2.75, 3.05) is 5.32 Å². The van der Waals surface area contributed by atoms with Crippen LogP contribution >= 0.6 is 35.0 Å². The fraction of sp³-hybridized carbons (Fsp3) is 0.0909. The summed E-state index contributed by atoms with van der Waals surface area (Å²) in [6.45, 7) is 2.01. The number of anilines is 1. The van der Waals surface area contributed by atoms with Gasteiger partial charge in [-0.15, -0.1) is 11.8 Å². The van der Waals surface area contributed by atoms with Gasteiger partial charge in [0, 0.05) is 15.8 Å². The highest BCUT2D eigenvalue weighted by atomic mass is 35.5. The van der Waals surface area contributed by atoms with Gasteiger partial charge < -0.3 is 5.32 Å². The van der Waals surface area contributed by atoms with E-state index < -0.39 is 29.1 Å². The Morgan fingerprint density at radius 2 is 1.52 bits per heavy atom. The molecule has 160 valence electrons. The number of thioether (sulfide) groups is 1. The summed E-state index contributed by atoms with van der Waals surface area (Å²) < 4.78 is 27.4. The molecular weight excluding hydrogens is 465 g/mol. The van der Waals surface area contributed by atoms with Crippen molar-refractivity contribution in [3.8, 4) is 0 Å². The van der Waals surface area contributed by atoms with Crippen LogP contribution in [0, 0.1) is 11.6 Å². The molecule has 0 aromatic heterocycles. The summed E-state index contributed by atoms with van der Waals surface area (Å²) in [6, 6.07) is 14.7. The molecule has 3 aromatic rings. The highest BCUT2D eigenvalue weighted by molar-refractivity contribution is 7.99. The van der Waals surface area contributed by atoms with Gasteiger partial charge in [-0.1, -0.05) is 59.6 Å². The molecule has 3 amide bonds. The highest BCUT2D eigenvalue weighted by Crippen LogP contribution is 2.43. The van der Waals surface area contributed by atoms with Gasteiger partial charge in [-0.3, -0.25) is 10.1 Å². The highest BCUT2D eigenvalue weighted by Gasteiger charge is 2.20. The summed E-state index contributed by atoms with van der Waals surface area (Å²) in [6.07, 6.45) is 0. The van der Waals surface area contributed by atoms with Gasteiger partial charge in [0.15, 0.2) is 0 Å². The van der Waals surface area contributed by atoms with E-state index in [-0.39, 0.29) is 10.9 Å². The Hall–Kier alpha value is -2.61. The first-order valence-electron chi connectivity index (χ1n) is 9.03. The molecule has 0 radical (unpaired) electrons. The van der Waals surface area contributed by atoms with Crippen molar-refractivity contribution in [2.24, 2.45) is 0 Å². The Morgan fingerprint density at radius 3 is 2.10 bits per heavy atom. The van der Waals surface area contributed by atoms with Gasteiger partial charge in [0.05, 0.1) is 10.0 Å². The third-order valence-electron chi connectivity index (χ3n) is 4.24. The molecule has 0 saturated heterocycles. The van der Waals surface area contributed by atoms with E-state index in [1.165, 1.54) is 23.9 Å². The van der Waals surface area contributed by atoms with E-state index >= 15 is 0 Å². The Labute approximate surface area is 191 Å². The largest absolute Gasteiger partial charge is 0.326 e. The Kier molecular flexibility index (Phi) is 7.54. The first-order chi connectivity index (χ1) is 14.8. The molecule has 1 atom stereocenters. The van der Waals surface area contributed by atoms with Crippen LogP contribution in [0.1, 0.15) is 28.1 Å². The molecule has 2 N–H and O–H groups in total. The topological polar surface area (TPSA) is 58.2 Å². The fourth-order valence-electron chi connectivity index (χ4n) is 2.76. The number of benzene rings is 3. The van der Waals surface area contributed by atoms with Crippen molar-refractivity contribution >= 4 is 52.6 Å². The van der Waals surface area contributed by atoms with E-state index in [1.54, 1.807) is 0 Å². The van der Waals surface area contributed by atoms with Crippen LogP contribution in [-0.4, -0.2) is 11.9 Å². The van der Waals surface area contributed by atoms with E-state index in [0.29, 0.717) is 14.9 Å². The average molecular weight is 481 g/mol. The lowest BCUT2D eigenvalue weighted by Gasteiger charge is -2.15. The minimum Gasteiger partial charge on any atom is -0.308 e. The molecule has 0 saturated carbocycles. The van der Waals surface area contributed by atoms with E-state index in [9.17, 15) is 18.4 Å². The van der Waals surface area contributed by atoms with E-state index in [2.05, 4.69) is 5.32 Å². The van der Waals surface area contributed by atoms with Gasteiger partial charge in [0.2, 0.25) is 0 Å². The molecule has 0 fully saturated rings. The standard InChI is InChI=1S/C22H16Cl2F2N2O2S/c1-12(13-6-3-2-4-7-13)31-20-15(23)10-14(11-16(20)24)27-22(30)28-21(29)19-17(25)8-5-9-18(19)26/h2-12H,1H3,(H2,27,28,29,30). The van der Waals surface area contributed by atoms with Gasteiger partial charge in [0.1, 0.15) is 17.2 Å². The Balaban J connectivity index is 1.70. The third-order valence-corrected chi connectivity index (χ3v) is 6.36.